The van der Waals surface area contributed by atoms with Gasteiger partial charge >= 0.3 is 5.97 Å². The van der Waals surface area contributed by atoms with Gasteiger partial charge in [-0.15, -0.1) is 0 Å². The van der Waals surface area contributed by atoms with Crippen LogP contribution in [0.25, 0.3) is 0 Å². The lowest BCUT2D eigenvalue weighted by atomic mass is 9.55. The van der Waals surface area contributed by atoms with Gasteiger partial charge in [0.1, 0.15) is 0 Å². The number of alkyl halides is 1. The maximum absolute atomic E-state index is 13.3. The van der Waals surface area contributed by atoms with Crippen molar-refractivity contribution in [3.05, 3.63) is 70.8 Å². The number of aliphatic carboxylic acids is 1. The van der Waals surface area contributed by atoms with Gasteiger partial charge in [0.2, 0.25) is 11.8 Å². The molecule has 6 heteroatoms. The second-order valence-corrected chi connectivity index (χ2v) is 8.59. The Labute approximate surface area is 164 Å². The fraction of sp³-hybridized carbons (Fsp3) is 0.286. The molecule has 2 amide bonds. The summed E-state index contributed by atoms with van der Waals surface area (Å²) in [6, 6.07) is 15.9. The van der Waals surface area contributed by atoms with Crippen LogP contribution in [0.5, 0.6) is 0 Å². The molecule has 0 radical (unpaired) electrons. The molecular weight excluding hydrogens is 410 g/mol. The average Bonchev–Trinajstić information content (AvgIpc) is 2.92. The summed E-state index contributed by atoms with van der Waals surface area (Å²) in [4.78, 5) is 38.6. The first-order chi connectivity index (χ1) is 13.0. The van der Waals surface area contributed by atoms with Crippen LogP contribution in [-0.4, -0.2) is 34.3 Å². The zero-order chi connectivity index (χ0) is 18.9. The van der Waals surface area contributed by atoms with Gasteiger partial charge < -0.3 is 5.11 Å². The van der Waals surface area contributed by atoms with Crippen molar-refractivity contribution in [1.82, 2.24) is 4.90 Å². The van der Waals surface area contributed by atoms with Gasteiger partial charge in [-0.1, -0.05) is 64.5 Å². The number of hydrogen-bond acceptors (Lipinski definition) is 3. The molecule has 4 aliphatic rings. The highest BCUT2D eigenvalue weighted by molar-refractivity contribution is 9.09. The molecule has 2 atom stereocenters. The third-order valence-corrected chi connectivity index (χ3v) is 7.50. The number of halogens is 1. The van der Waals surface area contributed by atoms with Crippen molar-refractivity contribution in [3.8, 4) is 0 Å². The Hall–Kier alpha value is -2.47. The minimum atomic E-state index is -1.02. The van der Waals surface area contributed by atoms with Gasteiger partial charge in [-0.25, -0.2) is 0 Å². The van der Waals surface area contributed by atoms with E-state index in [1.807, 2.05) is 48.5 Å². The van der Waals surface area contributed by atoms with E-state index >= 15 is 0 Å². The molecule has 0 saturated carbocycles. The highest BCUT2D eigenvalue weighted by Gasteiger charge is 2.67. The van der Waals surface area contributed by atoms with Crippen molar-refractivity contribution in [2.75, 3.05) is 6.54 Å². The van der Waals surface area contributed by atoms with Crippen LogP contribution in [-0.2, 0) is 18.7 Å². The number of rotatable bonds is 3. The van der Waals surface area contributed by atoms with Crippen molar-refractivity contribution in [2.24, 2.45) is 11.8 Å². The molecule has 3 aliphatic carbocycles. The third-order valence-electron chi connectivity index (χ3n) is 6.15. The standard InChI is InChI=1S/C21H16BrNO4/c22-21-13-7-3-1-5-11(13)16(12-6-2-4-8-14(12)21)17-18(21)20(27)23(19(17)26)10-9-15(24)25/h1-8,16-18H,9-10H2,(H,24,25)/t16?,17-,18-,21?/m1/s1. The van der Waals surface area contributed by atoms with Gasteiger partial charge in [0.25, 0.3) is 0 Å². The van der Waals surface area contributed by atoms with Crippen LogP contribution in [0.4, 0.5) is 0 Å². The van der Waals surface area contributed by atoms with E-state index in [0.29, 0.717) is 0 Å². The van der Waals surface area contributed by atoms with Gasteiger partial charge in [0.15, 0.2) is 0 Å². The van der Waals surface area contributed by atoms with E-state index < -0.39 is 22.1 Å². The van der Waals surface area contributed by atoms with Crippen LogP contribution in [0.1, 0.15) is 34.6 Å². The zero-order valence-electron chi connectivity index (χ0n) is 14.3. The summed E-state index contributed by atoms with van der Waals surface area (Å²) >= 11 is 3.90. The number of carbonyl (C=O) groups is 3. The molecule has 0 spiro atoms. The zero-order valence-corrected chi connectivity index (χ0v) is 15.8. The lowest BCUT2D eigenvalue weighted by molar-refractivity contribution is -0.142. The van der Waals surface area contributed by atoms with Crippen molar-refractivity contribution in [1.29, 1.82) is 0 Å². The number of imide groups is 1. The van der Waals surface area contributed by atoms with E-state index in [0.717, 1.165) is 27.2 Å². The summed E-state index contributed by atoms with van der Waals surface area (Å²) in [5.74, 6) is -2.81. The highest BCUT2D eigenvalue weighted by Crippen LogP contribution is 2.66. The summed E-state index contributed by atoms with van der Waals surface area (Å²) in [6.07, 6.45) is -0.239. The van der Waals surface area contributed by atoms with E-state index in [-0.39, 0.29) is 30.7 Å². The number of benzene rings is 2. The third kappa shape index (κ3) is 1.96. The Bertz CT molecular complexity index is 969. The highest BCUT2D eigenvalue weighted by atomic mass is 79.9. The SMILES string of the molecule is O=C(O)CCN1C(=O)[C@@H]2C3c4ccccc4C(Br)(c4ccccc43)[C@H]2C1=O. The normalized spacial score (nSPS) is 30.1. The summed E-state index contributed by atoms with van der Waals surface area (Å²) in [5.41, 5.74) is 4.18. The van der Waals surface area contributed by atoms with Gasteiger partial charge in [0, 0.05) is 12.5 Å². The van der Waals surface area contributed by atoms with Crippen LogP contribution in [0.15, 0.2) is 48.5 Å². The van der Waals surface area contributed by atoms with Gasteiger partial charge in [-0.05, 0) is 22.3 Å². The number of nitrogens with zero attached hydrogens (tertiary/aromatic N) is 1. The van der Waals surface area contributed by atoms with Crippen LogP contribution in [0.2, 0.25) is 0 Å². The van der Waals surface area contributed by atoms with Crippen LogP contribution >= 0.6 is 15.9 Å². The number of carboxylic acids is 1. The van der Waals surface area contributed by atoms with Gasteiger partial charge in [-0.3, -0.25) is 19.3 Å². The molecule has 136 valence electrons. The van der Waals surface area contributed by atoms with E-state index in [1.165, 1.54) is 0 Å². The smallest absolute Gasteiger partial charge is 0.305 e. The molecule has 5 nitrogen and oxygen atoms in total. The molecule has 1 saturated heterocycles. The predicted molar refractivity (Wildman–Crippen MR) is 100 cm³/mol. The Morgan fingerprint density at radius 3 is 2.11 bits per heavy atom. The molecule has 1 aliphatic heterocycles. The predicted octanol–water partition coefficient (Wildman–Crippen LogP) is 2.86. The molecule has 6 rings (SSSR count). The van der Waals surface area contributed by atoms with Crippen molar-refractivity contribution < 1.29 is 19.5 Å². The van der Waals surface area contributed by atoms with Crippen molar-refractivity contribution >= 4 is 33.7 Å². The maximum atomic E-state index is 13.3. The second-order valence-electron chi connectivity index (χ2n) is 7.34. The Morgan fingerprint density at radius 2 is 1.56 bits per heavy atom. The average molecular weight is 426 g/mol. The molecule has 0 aromatic heterocycles. The van der Waals surface area contributed by atoms with E-state index in [2.05, 4.69) is 15.9 Å². The molecule has 2 bridgehead atoms. The molecule has 1 heterocycles. The largest absolute Gasteiger partial charge is 0.481 e. The summed E-state index contributed by atoms with van der Waals surface area (Å²) in [5, 5.41) is 9.00. The van der Waals surface area contributed by atoms with E-state index in [4.69, 9.17) is 5.11 Å². The molecular formula is C21H16BrNO4. The molecule has 1 fully saturated rings. The Morgan fingerprint density at radius 1 is 1.00 bits per heavy atom. The van der Waals surface area contributed by atoms with Gasteiger partial charge in [0.05, 0.1) is 22.6 Å². The monoisotopic (exact) mass is 425 g/mol. The van der Waals surface area contributed by atoms with Crippen molar-refractivity contribution in [2.45, 2.75) is 16.7 Å². The summed E-state index contributed by atoms with van der Waals surface area (Å²) in [6.45, 7) is -0.0809. The number of carbonyl (C=O) groups excluding carboxylic acids is 2. The van der Waals surface area contributed by atoms with Crippen LogP contribution in [0.3, 0.4) is 0 Å². The maximum Gasteiger partial charge on any atom is 0.305 e. The molecule has 27 heavy (non-hydrogen) atoms. The molecule has 2 aromatic carbocycles. The number of hydrogen-bond donors (Lipinski definition) is 1. The second kappa shape index (κ2) is 5.52. The molecule has 2 aromatic rings. The van der Waals surface area contributed by atoms with Gasteiger partial charge in [-0.2, -0.15) is 0 Å². The van der Waals surface area contributed by atoms with E-state index in [1.54, 1.807) is 0 Å². The number of likely N-dealkylation sites (tertiary alicyclic amines) is 1. The first kappa shape index (κ1) is 16.7. The first-order valence-corrected chi connectivity index (χ1v) is 9.70. The number of amides is 2. The van der Waals surface area contributed by atoms with E-state index in [9.17, 15) is 14.4 Å². The minimum Gasteiger partial charge on any atom is -0.481 e. The van der Waals surface area contributed by atoms with Crippen LogP contribution < -0.4 is 0 Å². The quantitative estimate of drug-likeness (QED) is 0.605. The lowest BCUT2D eigenvalue weighted by Gasteiger charge is -2.51. The number of carboxylic acid groups (broad SMARTS) is 1. The molecule has 1 N–H and O–H groups in total. The first-order valence-electron chi connectivity index (χ1n) is 8.91. The van der Waals surface area contributed by atoms with Crippen molar-refractivity contribution in [3.63, 3.8) is 0 Å². The lowest BCUT2D eigenvalue weighted by Crippen LogP contribution is -2.50. The summed E-state index contributed by atoms with van der Waals surface area (Å²) < 4.78 is -0.773. The Kier molecular flexibility index (Phi) is 3.41. The Balaban J connectivity index is 1.73. The minimum absolute atomic E-state index is 0.0809. The summed E-state index contributed by atoms with van der Waals surface area (Å²) in [7, 11) is 0. The molecule has 0 unspecified atom stereocenters. The fourth-order valence-corrected chi connectivity index (χ4v) is 6.37. The van der Waals surface area contributed by atoms with Crippen LogP contribution in [0, 0.1) is 11.8 Å². The fourth-order valence-electron chi connectivity index (χ4n) is 5.17. The topological polar surface area (TPSA) is 74.7 Å².